The summed E-state index contributed by atoms with van der Waals surface area (Å²) in [4.78, 5) is 15.1. The average molecular weight is 289 g/mol. The first-order valence-electron chi connectivity index (χ1n) is 8.44. The maximum Gasteiger partial charge on any atom is 0.270 e. The van der Waals surface area contributed by atoms with Crippen LogP contribution in [-0.2, 0) is 0 Å². The predicted molar refractivity (Wildman–Crippen MR) is 84.3 cm³/mol. The summed E-state index contributed by atoms with van der Waals surface area (Å²) in [5.74, 6) is 0.217. The Bertz CT molecular complexity index is 484. The van der Waals surface area contributed by atoms with Gasteiger partial charge in [0, 0.05) is 30.9 Å². The third kappa shape index (κ3) is 3.15. The van der Waals surface area contributed by atoms with Gasteiger partial charge in [-0.15, -0.1) is 0 Å². The van der Waals surface area contributed by atoms with Gasteiger partial charge >= 0.3 is 0 Å². The molecule has 4 heteroatoms. The molecule has 1 heterocycles. The lowest BCUT2D eigenvalue weighted by Crippen LogP contribution is -2.45. The highest BCUT2D eigenvalue weighted by atomic mass is 16.2. The van der Waals surface area contributed by atoms with Crippen LogP contribution in [0.2, 0.25) is 0 Å². The fourth-order valence-corrected chi connectivity index (χ4v) is 3.50. The van der Waals surface area contributed by atoms with E-state index in [1.54, 1.807) is 0 Å². The summed E-state index contributed by atoms with van der Waals surface area (Å²) in [6.45, 7) is 3.00. The molecule has 2 saturated carbocycles. The Kier molecular flexibility index (Phi) is 4.34. The van der Waals surface area contributed by atoms with Crippen LogP contribution in [0.25, 0.3) is 0 Å². The molecule has 0 atom stereocenters. The summed E-state index contributed by atoms with van der Waals surface area (Å²) in [6.07, 6.45) is 9.68. The lowest BCUT2D eigenvalue weighted by molar-refractivity contribution is 0.0615. The number of nitrogens with zero attached hydrogens (tertiary/aromatic N) is 2. The Labute approximate surface area is 127 Å². The van der Waals surface area contributed by atoms with Gasteiger partial charge in [-0.25, -0.2) is 0 Å². The van der Waals surface area contributed by atoms with Crippen molar-refractivity contribution in [1.82, 2.24) is 9.47 Å². The van der Waals surface area contributed by atoms with Crippen LogP contribution in [0.1, 0.15) is 68.4 Å². The maximum atomic E-state index is 13.0. The highest BCUT2D eigenvalue weighted by Crippen LogP contribution is 2.36. The molecule has 1 aromatic rings. The van der Waals surface area contributed by atoms with Crippen LogP contribution in [0.4, 0.5) is 0 Å². The van der Waals surface area contributed by atoms with Crippen LogP contribution >= 0.6 is 0 Å². The van der Waals surface area contributed by atoms with E-state index in [1.165, 1.54) is 12.8 Å². The fourth-order valence-electron chi connectivity index (χ4n) is 3.50. The van der Waals surface area contributed by atoms with Crippen LogP contribution in [-0.4, -0.2) is 34.0 Å². The van der Waals surface area contributed by atoms with Crippen molar-refractivity contribution in [1.29, 1.82) is 0 Å². The molecule has 4 nitrogen and oxygen atoms in total. The van der Waals surface area contributed by atoms with Crippen molar-refractivity contribution in [2.45, 2.75) is 70.0 Å². The van der Waals surface area contributed by atoms with Gasteiger partial charge in [-0.05, 0) is 57.1 Å². The van der Waals surface area contributed by atoms with E-state index in [4.69, 9.17) is 5.73 Å². The van der Waals surface area contributed by atoms with Gasteiger partial charge in [0.2, 0.25) is 0 Å². The first-order chi connectivity index (χ1) is 10.2. The molecule has 1 aromatic heterocycles. The summed E-state index contributed by atoms with van der Waals surface area (Å²) >= 11 is 0. The van der Waals surface area contributed by atoms with Crippen LogP contribution < -0.4 is 5.73 Å². The molecule has 2 aliphatic rings. The summed E-state index contributed by atoms with van der Waals surface area (Å²) in [5, 5.41) is 0. The van der Waals surface area contributed by atoms with Crippen molar-refractivity contribution in [2.75, 3.05) is 6.54 Å². The first-order valence-corrected chi connectivity index (χ1v) is 8.44. The highest BCUT2D eigenvalue weighted by molar-refractivity contribution is 5.93. The second-order valence-corrected chi connectivity index (χ2v) is 6.60. The van der Waals surface area contributed by atoms with E-state index in [2.05, 4.69) is 22.6 Å². The van der Waals surface area contributed by atoms with Crippen molar-refractivity contribution in [2.24, 2.45) is 5.73 Å². The van der Waals surface area contributed by atoms with Gasteiger partial charge in [0.05, 0.1) is 0 Å². The van der Waals surface area contributed by atoms with Crippen LogP contribution in [0, 0.1) is 0 Å². The largest absolute Gasteiger partial charge is 0.340 e. The molecule has 2 N–H and O–H groups in total. The molecule has 1 amide bonds. The Morgan fingerprint density at radius 1 is 1.29 bits per heavy atom. The van der Waals surface area contributed by atoms with Gasteiger partial charge < -0.3 is 15.2 Å². The van der Waals surface area contributed by atoms with E-state index in [9.17, 15) is 4.79 Å². The molecule has 0 bridgehead atoms. The topological polar surface area (TPSA) is 51.3 Å². The molecule has 0 spiro atoms. The monoisotopic (exact) mass is 289 g/mol. The highest BCUT2D eigenvalue weighted by Gasteiger charge is 2.32. The van der Waals surface area contributed by atoms with Gasteiger partial charge in [0.1, 0.15) is 5.69 Å². The van der Waals surface area contributed by atoms with Crippen LogP contribution in [0.15, 0.2) is 18.3 Å². The number of amides is 1. The van der Waals surface area contributed by atoms with E-state index in [-0.39, 0.29) is 5.91 Å². The average Bonchev–Trinajstić information content (AvgIpc) is 3.22. The molecule has 116 valence electrons. The van der Waals surface area contributed by atoms with Gasteiger partial charge in [-0.3, -0.25) is 4.79 Å². The second kappa shape index (κ2) is 6.22. The molecular formula is C17H27N3O. The van der Waals surface area contributed by atoms with Crippen molar-refractivity contribution >= 4 is 5.91 Å². The lowest BCUT2D eigenvalue weighted by atomic mass is 9.90. The number of carbonyl (C=O) groups excluding carboxylic acids is 1. The Morgan fingerprint density at radius 3 is 2.62 bits per heavy atom. The SMILES string of the molecule is CCCN(C(=O)c1cccn1C1CC1)C1CCC(N)CC1. The normalized spacial score (nSPS) is 25.8. The Morgan fingerprint density at radius 2 is 2.00 bits per heavy atom. The maximum absolute atomic E-state index is 13.0. The molecule has 0 unspecified atom stereocenters. The summed E-state index contributed by atoms with van der Waals surface area (Å²) < 4.78 is 2.18. The van der Waals surface area contributed by atoms with Crippen molar-refractivity contribution in [3.05, 3.63) is 24.0 Å². The molecule has 0 aliphatic heterocycles. The zero-order chi connectivity index (χ0) is 14.8. The molecule has 0 aromatic carbocycles. The molecular weight excluding hydrogens is 262 g/mol. The number of rotatable bonds is 5. The van der Waals surface area contributed by atoms with Crippen LogP contribution in [0.5, 0.6) is 0 Å². The molecule has 3 rings (SSSR count). The van der Waals surface area contributed by atoms with Gasteiger partial charge in [-0.1, -0.05) is 6.92 Å². The lowest BCUT2D eigenvalue weighted by Gasteiger charge is -2.36. The smallest absolute Gasteiger partial charge is 0.270 e. The van der Waals surface area contributed by atoms with E-state index < -0.39 is 0 Å². The number of hydrogen-bond donors (Lipinski definition) is 1. The molecule has 2 aliphatic carbocycles. The van der Waals surface area contributed by atoms with E-state index in [0.717, 1.165) is 44.3 Å². The van der Waals surface area contributed by atoms with E-state index in [0.29, 0.717) is 18.1 Å². The molecule has 0 radical (unpaired) electrons. The quantitative estimate of drug-likeness (QED) is 0.906. The minimum Gasteiger partial charge on any atom is -0.340 e. The fraction of sp³-hybridized carbons (Fsp3) is 0.706. The molecule has 0 saturated heterocycles. The third-order valence-electron chi connectivity index (χ3n) is 4.85. The molecule has 21 heavy (non-hydrogen) atoms. The summed E-state index contributed by atoms with van der Waals surface area (Å²) in [7, 11) is 0. The van der Waals surface area contributed by atoms with Gasteiger partial charge in [0.25, 0.3) is 5.91 Å². The van der Waals surface area contributed by atoms with Crippen LogP contribution in [0.3, 0.4) is 0 Å². The van der Waals surface area contributed by atoms with Gasteiger partial charge in [0.15, 0.2) is 0 Å². The van der Waals surface area contributed by atoms with Gasteiger partial charge in [-0.2, -0.15) is 0 Å². The van der Waals surface area contributed by atoms with E-state index >= 15 is 0 Å². The minimum absolute atomic E-state index is 0.217. The van der Waals surface area contributed by atoms with Crippen molar-refractivity contribution < 1.29 is 4.79 Å². The number of carbonyl (C=O) groups is 1. The Hall–Kier alpha value is -1.29. The summed E-state index contributed by atoms with van der Waals surface area (Å²) in [6, 6.07) is 5.25. The zero-order valence-electron chi connectivity index (χ0n) is 13.0. The minimum atomic E-state index is 0.217. The van der Waals surface area contributed by atoms with Crippen molar-refractivity contribution in [3.8, 4) is 0 Å². The van der Waals surface area contributed by atoms with E-state index in [1.807, 2.05) is 12.1 Å². The predicted octanol–water partition coefficient (Wildman–Crippen LogP) is 2.95. The molecule has 2 fully saturated rings. The zero-order valence-corrected chi connectivity index (χ0v) is 13.0. The number of aromatic nitrogens is 1. The standard InChI is InChI=1S/C17H27N3O/c1-2-11-20(15-7-5-13(18)6-8-15)17(21)16-4-3-12-19(16)14-9-10-14/h3-4,12-15H,2,5-11,18H2,1H3. The van der Waals surface area contributed by atoms with Crippen molar-refractivity contribution in [3.63, 3.8) is 0 Å². The number of nitrogens with two attached hydrogens (primary N) is 1. The summed E-state index contributed by atoms with van der Waals surface area (Å²) in [5.41, 5.74) is 6.88. The second-order valence-electron chi connectivity index (χ2n) is 6.60. The Balaban J connectivity index is 1.76. The first kappa shape index (κ1) is 14.6. The number of hydrogen-bond acceptors (Lipinski definition) is 2. The third-order valence-corrected chi connectivity index (χ3v) is 4.85.